The molecule has 0 aliphatic heterocycles. The minimum absolute atomic E-state index is 0.147. The highest BCUT2D eigenvalue weighted by molar-refractivity contribution is 9.10. The van der Waals surface area contributed by atoms with E-state index in [0.717, 1.165) is 18.4 Å². The molecule has 0 atom stereocenters. The fraction of sp³-hybridized carbons (Fsp3) is 0.188. The second-order valence-electron chi connectivity index (χ2n) is 5.16. The van der Waals surface area contributed by atoms with Crippen LogP contribution in [-0.4, -0.2) is 5.78 Å². The van der Waals surface area contributed by atoms with Crippen molar-refractivity contribution in [2.45, 2.75) is 18.3 Å². The Morgan fingerprint density at radius 2 is 1.80 bits per heavy atom. The molecule has 3 rings (SSSR count). The lowest BCUT2D eigenvalue weighted by Crippen LogP contribution is -2.21. The van der Waals surface area contributed by atoms with Crippen molar-refractivity contribution < 1.29 is 9.18 Å². The lowest BCUT2D eigenvalue weighted by molar-refractivity contribution is 0.0942. The molecule has 4 heteroatoms. The number of anilines is 1. The van der Waals surface area contributed by atoms with Gasteiger partial charge in [0, 0.05) is 10.2 Å². The van der Waals surface area contributed by atoms with Crippen molar-refractivity contribution in [3.63, 3.8) is 0 Å². The average Bonchev–Trinajstić information content (AvgIpc) is 3.23. The Hall–Kier alpha value is -1.68. The first-order valence-electron chi connectivity index (χ1n) is 6.39. The first-order chi connectivity index (χ1) is 9.53. The number of carbonyl (C=O) groups is 1. The molecule has 0 radical (unpaired) electrons. The highest BCUT2D eigenvalue weighted by Crippen LogP contribution is 2.51. The van der Waals surface area contributed by atoms with E-state index in [1.807, 2.05) is 12.1 Å². The Balaban J connectivity index is 2.01. The van der Waals surface area contributed by atoms with Crippen LogP contribution in [0.5, 0.6) is 0 Å². The van der Waals surface area contributed by atoms with E-state index in [1.165, 1.54) is 6.07 Å². The van der Waals surface area contributed by atoms with E-state index in [0.29, 0.717) is 10.2 Å². The number of carbonyl (C=O) groups excluding carboxylic acids is 1. The molecule has 1 fully saturated rings. The first kappa shape index (κ1) is 13.3. The Labute approximate surface area is 124 Å². The predicted octanol–water partition coefficient (Wildman–Crippen LogP) is 4.08. The molecule has 0 saturated heterocycles. The van der Waals surface area contributed by atoms with Crippen LogP contribution in [0.4, 0.5) is 10.1 Å². The number of halogens is 2. The normalized spacial score (nSPS) is 15.9. The van der Waals surface area contributed by atoms with Crippen molar-refractivity contribution in [3.8, 4) is 0 Å². The zero-order valence-electron chi connectivity index (χ0n) is 10.7. The molecule has 20 heavy (non-hydrogen) atoms. The zero-order valence-corrected chi connectivity index (χ0v) is 12.3. The van der Waals surface area contributed by atoms with Gasteiger partial charge in [-0.1, -0.05) is 28.1 Å². The Morgan fingerprint density at radius 1 is 1.15 bits per heavy atom. The highest BCUT2D eigenvalue weighted by atomic mass is 79.9. The van der Waals surface area contributed by atoms with Gasteiger partial charge in [-0.05, 0) is 48.7 Å². The van der Waals surface area contributed by atoms with Gasteiger partial charge in [0.05, 0.1) is 11.0 Å². The van der Waals surface area contributed by atoms with Crippen molar-refractivity contribution in [2.24, 2.45) is 0 Å². The van der Waals surface area contributed by atoms with E-state index in [4.69, 9.17) is 5.73 Å². The molecular weight excluding hydrogens is 321 g/mol. The summed E-state index contributed by atoms with van der Waals surface area (Å²) in [6, 6.07) is 11.7. The van der Waals surface area contributed by atoms with Gasteiger partial charge in [-0.2, -0.15) is 0 Å². The van der Waals surface area contributed by atoms with Gasteiger partial charge in [0.1, 0.15) is 5.82 Å². The molecule has 0 heterocycles. The molecular formula is C16H13BrFNO. The maximum atomic E-state index is 13.9. The lowest BCUT2D eigenvalue weighted by Gasteiger charge is -2.15. The SMILES string of the molecule is Nc1ccc(C2(C(=O)c3cc(Br)ccc3F)CC2)cc1. The zero-order chi connectivity index (χ0) is 14.3. The van der Waals surface area contributed by atoms with Crippen LogP contribution in [0.3, 0.4) is 0 Å². The maximum Gasteiger partial charge on any atom is 0.176 e. The van der Waals surface area contributed by atoms with Crippen LogP contribution in [0.15, 0.2) is 46.9 Å². The number of nitrogen functional groups attached to an aromatic ring is 1. The van der Waals surface area contributed by atoms with Crippen molar-refractivity contribution in [1.82, 2.24) is 0 Å². The van der Waals surface area contributed by atoms with Gasteiger partial charge in [-0.15, -0.1) is 0 Å². The van der Waals surface area contributed by atoms with Gasteiger partial charge in [0.15, 0.2) is 5.78 Å². The van der Waals surface area contributed by atoms with Gasteiger partial charge < -0.3 is 5.73 Å². The van der Waals surface area contributed by atoms with E-state index in [2.05, 4.69) is 15.9 Å². The summed E-state index contributed by atoms with van der Waals surface area (Å²) >= 11 is 3.28. The number of nitrogens with two attached hydrogens (primary N) is 1. The van der Waals surface area contributed by atoms with E-state index in [1.54, 1.807) is 24.3 Å². The third kappa shape index (κ3) is 2.14. The lowest BCUT2D eigenvalue weighted by atomic mass is 9.87. The van der Waals surface area contributed by atoms with Crippen LogP contribution >= 0.6 is 15.9 Å². The Morgan fingerprint density at radius 3 is 2.40 bits per heavy atom. The summed E-state index contributed by atoms with van der Waals surface area (Å²) in [6.07, 6.45) is 1.50. The largest absolute Gasteiger partial charge is 0.399 e. The second-order valence-corrected chi connectivity index (χ2v) is 6.07. The third-order valence-corrected chi connectivity index (χ3v) is 4.31. The molecule has 1 saturated carbocycles. The van der Waals surface area contributed by atoms with E-state index in [9.17, 15) is 9.18 Å². The van der Waals surface area contributed by atoms with Crippen molar-refractivity contribution in [3.05, 3.63) is 63.9 Å². The highest BCUT2D eigenvalue weighted by Gasteiger charge is 2.51. The van der Waals surface area contributed by atoms with Crippen molar-refractivity contribution >= 4 is 27.4 Å². The van der Waals surface area contributed by atoms with Gasteiger partial charge in [-0.25, -0.2) is 4.39 Å². The molecule has 0 aromatic heterocycles. The monoisotopic (exact) mass is 333 g/mol. The van der Waals surface area contributed by atoms with Gasteiger partial charge in [-0.3, -0.25) is 4.79 Å². The molecule has 0 spiro atoms. The minimum Gasteiger partial charge on any atom is -0.399 e. The molecule has 1 aliphatic carbocycles. The first-order valence-corrected chi connectivity index (χ1v) is 7.18. The summed E-state index contributed by atoms with van der Waals surface area (Å²) in [5.74, 6) is -0.624. The molecule has 1 aliphatic rings. The molecule has 2 nitrogen and oxygen atoms in total. The third-order valence-electron chi connectivity index (χ3n) is 3.82. The number of hydrogen-bond acceptors (Lipinski definition) is 2. The minimum atomic E-state index is -0.574. The van der Waals surface area contributed by atoms with Crippen LogP contribution < -0.4 is 5.73 Å². The molecule has 0 amide bonds. The standard InChI is InChI=1S/C16H13BrFNO/c17-11-3-6-14(18)13(9-11)15(20)16(7-8-16)10-1-4-12(19)5-2-10/h1-6,9H,7-8,19H2. The van der Waals surface area contributed by atoms with Crippen LogP contribution in [0.2, 0.25) is 0 Å². The van der Waals surface area contributed by atoms with Crippen LogP contribution in [0, 0.1) is 5.82 Å². The summed E-state index contributed by atoms with van der Waals surface area (Å²) in [4.78, 5) is 12.7. The molecule has 2 aromatic rings. The summed E-state index contributed by atoms with van der Waals surface area (Å²) in [5.41, 5.74) is 6.81. The van der Waals surface area contributed by atoms with E-state index >= 15 is 0 Å². The van der Waals surface area contributed by atoms with Gasteiger partial charge >= 0.3 is 0 Å². The van der Waals surface area contributed by atoms with Crippen molar-refractivity contribution in [1.29, 1.82) is 0 Å². The maximum absolute atomic E-state index is 13.9. The van der Waals surface area contributed by atoms with Gasteiger partial charge in [0.25, 0.3) is 0 Å². The molecule has 0 unspecified atom stereocenters. The van der Waals surface area contributed by atoms with Crippen LogP contribution in [-0.2, 0) is 5.41 Å². The number of hydrogen-bond donors (Lipinski definition) is 1. The van der Waals surface area contributed by atoms with Crippen LogP contribution in [0.1, 0.15) is 28.8 Å². The summed E-state index contributed by atoms with van der Waals surface area (Å²) < 4.78 is 14.6. The summed E-state index contributed by atoms with van der Waals surface area (Å²) in [7, 11) is 0. The summed E-state index contributed by atoms with van der Waals surface area (Å²) in [5, 5.41) is 0. The van der Waals surface area contributed by atoms with Crippen LogP contribution in [0.25, 0.3) is 0 Å². The fourth-order valence-electron chi connectivity index (χ4n) is 2.50. The van der Waals surface area contributed by atoms with E-state index < -0.39 is 11.2 Å². The smallest absolute Gasteiger partial charge is 0.176 e. The predicted molar refractivity (Wildman–Crippen MR) is 80.2 cm³/mol. The molecule has 2 aromatic carbocycles. The fourth-order valence-corrected chi connectivity index (χ4v) is 2.86. The quantitative estimate of drug-likeness (QED) is 0.679. The molecule has 2 N–H and O–H groups in total. The van der Waals surface area contributed by atoms with E-state index in [-0.39, 0.29) is 11.3 Å². The van der Waals surface area contributed by atoms with Crippen molar-refractivity contribution in [2.75, 3.05) is 5.73 Å². The average molecular weight is 334 g/mol. The number of benzene rings is 2. The number of Topliss-reactive ketones (excluding diaryl/α,β-unsaturated/α-hetero) is 1. The topological polar surface area (TPSA) is 43.1 Å². The number of rotatable bonds is 3. The molecule has 102 valence electrons. The van der Waals surface area contributed by atoms with Gasteiger partial charge in [0.2, 0.25) is 0 Å². The molecule has 0 bridgehead atoms. The Bertz CT molecular complexity index is 677. The number of ketones is 1. The second kappa shape index (κ2) is 4.70. The Kier molecular flexibility index (Phi) is 3.13. The summed E-state index contributed by atoms with van der Waals surface area (Å²) in [6.45, 7) is 0.